The molecule has 0 fully saturated rings. The summed E-state index contributed by atoms with van der Waals surface area (Å²) < 4.78 is 0. The Morgan fingerprint density at radius 3 is 2.53 bits per heavy atom. The lowest BCUT2D eigenvalue weighted by atomic mass is 9.96. The first-order valence-electron chi connectivity index (χ1n) is 5.73. The van der Waals surface area contributed by atoms with Gasteiger partial charge in [-0.25, -0.2) is 0 Å². The van der Waals surface area contributed by atoms with E-state index in [2.05, 4.69) is 4.98 Å². The van der Waals surface area contributed by atoms with Gasteiger partial charge in [-0.1, -0.05) is 11.6 Å². The molecule has 1 aromatic carbocycles. The van der Waals surface area contributed by atoms with Crippen LogP contribution in [-0.2, 0) is 0 Å². The molecule has 0 bridgehead atoms. The van der Waals surface area contributed by atoms with Gasteiger partial charge in [0.15, 0.2) is 0 Å². The highest BCUT2D eigenvalue weighted by molar-refractivity contribution is 6.30. The van der Waals surface area contributed by atoms with E-state index in [1.165, 1.54) is 18.3 Å². The van der Waals surface area contributed by atoms with Crippen LogP contribution in [0, 0.1) is 13.8 Å². The molecule has 3 N–H and O–H groups in total. The first kappa shape index (κ1) is 13.6. The highest BCUT2D eigenvalue weighted by atomic mass is 35.5. The normalized spacial score (nSPS) is 12.4. The smallest absolute Gasteiger partial charge is 0.125 e. The Bertz CT molecular complexity index is 628. The van der Waals surface area contributed by atoms with Gasteiger partial charge in [0.05, 0.1) is 5.69 Å². The third kappa shape index (κ3) is 2.50. The zero-order valence-electron chi connectivity index (χ0n) is 10.6. The topological polar surface area (TPSA) is 73.6 Å². The summed E-state index contributed by atoms with van der Waals surface area (Å²) in [6.45, 7) is 3.31. The number of rotatable bonds is 2. The molecule has 100 valence electrons. The summed E-state index contributed by atoms with van der Waals surface area (Å²) in [6.07, 6.45) is 0.326. The third-order valence-electron chi connectivity index (χ3n) is 3.06. The minimum Gasteiger partial charge on any atom is -0.508 e. The van der Waals surface area contributed by atoms with E-state index in [0.29, 0.717) is 21.8 Å². The summed E-state index contributed by atoms with van der Waals surface area (Å²) in [5.41, 5.74) is 1.52. The second-order valence-electron chi connectivity index (χ2n) is 4.40. The minimum absolute atomic E-state index is 0.0499. The number of benzene rings is 1. The summed E-state index contributed by atoms with van der Waals surface area (Å²) in [6, 6.07) is 4.52. The standard InChI is InChI=1S/C14H14ClNO3/c1-7-5-11(17)12(8(2)13(7)18)14(19)10-6-9(15)3-4-16-10/h3-6,14,17-19H,1-2H3. The van der Waals surface area contributed by atoms with Crippen LogP contribution in [0.2, 0.25) is 5.02 Å². The lowest BCUT2D eigenvalue weighted by molar-refractivity contribution is 0.209. The molecule has 1 atom stereocenters. The first-order valence-corrected chi connectivity index (χ1v) is 6.11. The van der Waals surface area contributed by atoms with E-state index >= 15 is 0 Å². The molecule has 5 heteroatoms. The van der Waals surface area contributed by atoms with Crippen LogP contribution in [0.1, 0.15) is 28.5 Å². The fraction of sp³-hybridized carbons (Fsp3) is 0.214. The summed E-state index contributed by atoms with van der Waals surface area (Å²) in [5, 5.41) is 30.6. The van der Waals surface area contributed by atoms with E-state index in [9.17, 15) is 15.3 Å². The van der Waals surface area contributed by atoms with Crippen molar-refractivity contribution in [2.45, 2.75) is 20.0 Å². The number of aliphatic hydroxyl groups excluding tert-OH is 1. The van der Waals surface area contributed by atoms with E-state index < -0.39 is 6.10 Å². The number of pyridine rings is 1. The maximum absolute atomic E-state index is 10.3. The number of aromatic nitrogens is 1. The van der Waals surface area contributed by atoms with Crippen LogP contribution in [0.25, 0.3) is 0 Å². The van der Waals surface area contributed by atoms with Crippen molar-refractivity contribution in [3.8, 4) is 11.5 Å². The molecule has 0 spiro atoms. The Labute approximate surface area is 115 Å². The molecule has 0 amide bonds. The quantitative estimate of drug-likeness (QED) is 0.739. The third-order valence-corrected chi connectivity index (χ3v) is 3.29. The molecule has 1 aromatic heterocycles. The first-order chi connectivity index (χ1) is 8.91. The fourth-order valence-corrected chi connectivity index (χ4v) is 2.20. The summed E-state index contributed by atoms with van der Waals surface area (Å²) in [4.78, 5) is 4.02. The molecule has 1 unspecified atom stereocenters. The van der Waals surface area contributed by atoms with Gasteiger partial charge >= 0.3 is 0 Å². The van der Waals surface area contributed by atoms with Crippen LogP contribution in [0.5, 0.6) is 11.5 Å². The van der Waals surface area contributed by atoms with Gasteiger partial charge in [0.2, 0.25) is 0 Å². The molecule has 0 aliphatic heterocycles. The van der Waals surface area contributed by atoms with Crippen molar-refractivity contribution in [3.05, 3.63) is 51.8 Å². The number of halogens is 1. The van der Waals surface area contributed by atoms with Crippen molar-refractivity contribution in [2.75, 3.05) is 0 Å². The summed E-state index contributed by atoms with van der Waals surface area (Å²) in [5.74, 6) is -0.0315. The van der Waals surface area contributed by atoms with Crippen molar-refractivity contribution in [1.82, 2.24) is 4.98 Å². The number of aromatic hydroxyl groups is 2. The number of nitrogens with zero attached hydrogens (tertiary/aromatic N) is 1. The molecular formula is C14H14ClNO3. The molecule has 0 radical (unpaired) electrons. The van der Waals surface area contributed by atoms with Gasteiger partial charge in [-0.05, 0) is 37.6 Å². The van der Waals surface area contributed by atoms with Gasteiger partial charge in [0.1, 0.15) is 17.6 Å². The second-order valence-corrected chi connectivity index (χ2v) is 4.84. The monoisotopic (exact) mass is 279 g/mol. The lowest BCUT2D eigenvalue weighted by Gasteiger charge is -2.17. The maximum Gasteiger partial charge on any atom is 0.125 e. The van der Waals surface area contributed by atoms with Crippen molar-refractivity contribution in [3.63, 3.8) is 0 Å². The zero-order chi connectivity index (χ0) is 14.2. The van der Waals surface area contributed by atoms with Crippen LogP contribution in [0.4, 0.5) is 0 Å². The highest BCUT2D eigenvalue weighted by Gasteiger charge is 2.21. The Morgan fingerprint density at radius 1 is 1.21 bits per heavy atom. The van der Waals surface area contributed by atoms with Gasteiger partial charge in [-0.2, -0.15) is 0 Å². The number of aryl methyl sites for hydroxylation is 1. The Hall–Kier alpha value is -1.78. The zero-order valence-corrected chi connectivity index (χ0v) is 11.3. The van der Waals surface area contributed by atoms with Crippen molar-refractivity contribution in [2.24, 2.45) is 0 Å². The number of aliphatic hydroxyl groups is 1. The fourth-order valence-electron chi connectivity index (χ4n) is 2.03. The van der Waals surface area contributed by atoms with Crippen molar-refractivity contribution < 1.29 is 15.3 Å². The summed E-state index contributed by atoms with van der Waals surface area (Å²) in [7, 11) is 0. The molecule has 0 aliphatic rings. The number of phenolic OH excluding ortho intramolecular Hbond substituents is 2. The average Bonchev–Trinajstić information content (AvgIpc) is 2.36. The van der Waals surface area contributed by atoms with Crippen LogP contribution in [0.15, 0.2) is 24.4 Å². The van der Waals surface area contributed by atoms with E-state index in [0.717, 1.165) is 0 Å². The largest absolute Gasteiger partial charge is 0.508 e. The van der Waals surface area contributed by atoms with Crippen molar-refractivity contribution in [1.29, 1.82) is 0 Å². The highest BCUT2D eigenvalue weighted by Crippen LogP contribution is 2.38. The number of phenols is 2. The van der Waals surface area contributed by atoms with Crippen molar-refractivity contribution >= 4 is 11.6 Å². The average molecular weight is 280 g/mol. The molecule has 2 rings (SSSR count). The van der Waals surface area contributed by atoms with Gasteiger partial charge in [0, 0.05) is 22.3 Å². The van der Waals surface area contributed by atoms with Gasteiger partial charge in [-0.15, -0.1) is 0 Å². The molecule has 0 saturated carbocycles. The minimum atomic E-state index is -1.15. The maximum atomic E-state index is 10.3. The van der Waals surface area contributed by atoms with Gasteiger partial charge in [0.25, 0.3) is 0 Å². The van der Waals surface area contributed by atoms with Crippen LogP contribution in [0.3, 0.4) is 0 Å². The van der Waals surface area contributed by atoms with E-state index in [1.54, 1.807) is 19.9 Å². The number of hydrogen-bond donors (Lipinski definition) is 3. The van der Waals surface area contributed by atoms with Crippen LogP contribution >= 0.6 is 11.6 Å². The SMILES string of the molecule is Cc1cc(O)c(C(O)c2cc(Cl)ccn2)c(C)c1O. The molecule has 2 aromatic rings. The Balaban J connectivity index is 2.56. The number of hydrogen-bond acceptors (Lipinski definition) is 4. The predicted octanol–water partition coefficient (Wildman–Crippen LogP) is 2.84. The molecular weight excluding hydrogens is 266 g/mol. The molecule has 0 aliphatic carbocycles. The van der Waals surface area contributed by atoms with E-state index in [4.69, 9.17) is 11.6 Å². The molecule has 4 nitrogen and oxygen atoms in total. The van der Waals surface area contributed by atoms with Crippen LogP contribution in [-0.4, -0.2) is 20.3 Å². The lowest BCUT2D eigenvalue weighted by Crippen LogP contribution is -2.05. The van der Waals surface area contributed by atoms with Gasteiger partial charge in [-0.3, -0.25) is 4.98 Å². The second kappa shape index (κ2) is 5.07. The Morgan fingerprint density at radius 2 is 1.89 bits per heavy atom. The molecule has 1 heterocycles. The molecule has 19 heavy (non-hydrogen) atoms. The van der Waals surface area contributed by atoms with E-state index in [-0.39, 0.29) is 17.1 Å². The van der Waals surface area contributed by atoms with E-state index in [1.807, 2.05) is 0 Å². The summed E-state index contributed by atoms with van der Waals surface area (Å²) >= 11 is 5.85. The van der Waals surface area contributed by atoms with Crippen LogP contribution < -0.4 is 0 Å². The predicted molar refractivity (Wildman–Crippen MR) is 72.6 cm³/mol. The van der Waals surface area contributed by atoms with Gasteiger partial charge < -0.3 is 15.3 Å². The molecule has 0 saturated heterocycles. The Kier molecular flexibility index (Phi) is 3.64.